The minimum absolute atomic E-state index is 0.152. The van der Waals surface area contributed by atoms with Gasteiger partial charge in [0.15, 0.2) is 0 Å². The fourth-order valence-electron chi connectivity index (χ4n) is 4.27. The molecule has 4 rings (SSSR count). The van der Waals surface area contributed by atoms with Crippen molar-refractivity contribution >= 4 is 17.5 Å². The molecule has 7 heteroatoms. The Morgan fingerprint density at radius 3 is 1.72 bits per heavy atom. The Labute approximate surface area is 228 Å². The van der Waals surface area contributed by atoms with Crippen molar-refractivity contribution in [1.29, 1.82) is 0 Å². The summed E-state index contributed by atoms with van der Waals surface area (Å²) in [4.78, 5) is 29.4. The lowest BCUT2D eigenvalue weighted by Crippen LogP contribution is -2.41. The van der Waals surface area contributed by atoms with Crippen LogP contribution < -0.4 is 19.5 Å². The van der Waals surface area contributed by atoms with Crippen LogP contribution in [-0.2, 0) is 22.6 Å². The van der Waals surface area contributed by atoms with Gasteiger partial charge in [0.2, 0.25) is 5.91 Å². The molecule has 200 valence electrons. The number of nitrogens with zero attached hydrogens (tertiary/aromatic N) is 1. The summed E-state index contributed by atoms with van der Waals surface area (Å²) in [5.74, 6) is 1.54. The second kappa shape index (κ2) is 13.1. The first-order valence-electron chi connectivity index (χ1n) is 12.6. The molecule has 0 bridgehead atoms. The normalized spacial score (nSPS) is 11.3. The van der Waals surface area contributed by atoms with Gasteiger partial charge in [0.1, 0.15) is 23.3 Å². The largest absolute Gasteiger partial charge is 0.497 e. The van der Waals surface area contributed by atoms with Crippen LogP contribution in [0.1, 0.15) is 22.7 Å². The number of carbonyl (C=O) groups is 2. The summed E-state index contributed by atoms with van der Waals surface area (Å²) in [6.45, 7) is 0.225. The number of benzene rings is 4. The predicted molar refractivity (Wildman–Crippen MR) is 151 cm³/mol. The minimum atomic E-state index is -0.906. The van der Waals surface area contributed by atoms with Gasteiger partial charge in [-0.05, 0) is 65.2 Å². The van der Waals surface area contributed by atoms with E-state index in [1.807, 2.05) is 66.7 Å². The smallest absolute Gasteiger partial charge is 0.251 e. The Morgan fingerprint density at radius 2 is 1.18 bits per heavy atom. The van der Waals surface area contributed by atoms with Crippen LogP contribution in [0.2, 0.25) is 0 Å². The van der Waals surface area contributed by atoms with Gasteiger partial charge in [-0.15, -0.1) is 0 Å². The van der Waals surface area contributed by atoms with E-state index in [1.165, 1.54) is 0 Å². The molecule has 0 spiro atoms. The molecule has 0 aromatic heterocycles. The lowest BCUT2D eigenvalue weighted by atomic mass is 10.0. The highest BCUT2D eigenvalue weighted by Crippen LogP contribution is 2.29. The molecule has 0 fully saturated rings. The van der Waals surface area contributed by atoms with E-state index in [9.17, 15) is 9.59 Å². The topological polar surface area (TPSA) is 77.1 Å². The second-order valence-electron chi connectivity index (χ2n) is 8.93. The Kier molecular flexibility index (Phi) is 9.19. The first-order chi connectivity index (χ1) is 19.0. The summed E-state index contributed by atoms with van der Waals surface area (Å²) >= 11 is 0. The van der Waals surface area contributed by atoms with Gasteiger partial charge in [0, 0.05) is 12.2 Å². The van der Waals surface area contributed by atoms with E-state index >= 15 is 0 Å². The molecule has 1 N–H and O–H groups in total. The number of methoxy groups -OCH3 is 3. The highest BCUT2D eigenvalue weighted by atomic mass is 16.5. The Balaban J connectivity index is 1.73. The van der Waals surface area contributed by atoms with E-state index in [0.717, 1.165) is 11.1 Å². The molecular formula is C32H32N2O5. The van der Waals surface area contributed by atoms with Crippen molar-refractivity contribution in [1.82, 2.24) is 4.90 Å². The Bertz CT molecular complexity index is 1350. The number of anilines is 1. The average molecular weight is 525 g/mol. The molecule has 1 unspecified atom stereocenters. The zero-order valence-corrected chi connectivity index (χ0v) is 22.3. The van der Waals surface area contributed by atoms with Crippen LogP contribution in [0.5, 0.6) is 17.2 Å². The molecule has 0 aliphatic rings. The van der Waals surface area contributed by atoms with E-state index in [2.05, 4.69) is 5.32 Å². The quantitative estimate of drug-likeness (QED) is 0.274. The monoisotopic (exact) mass is 524 g/mol. The van der Waals surface area contributed by atoms with Gasteiger partial charge in [-0.2, -0.15) is 0 Å². The third-order valence-corrected chi connectivity index (χ3v) is 6.38. The molecule has 2 amide bonds. The predicted octanol–water partition coefficient (Wildman–Crippen LogP) is 5.66. The Hall–Kier alpha value is -4.78. The lowest BCUT2D eigenvalue weighted by molar-refractivity contribution is -0.139. The first kappa shape index (κ1) is 27.3. The molecule has 1 atom stereocenters. The lowest BCUT2D eigenvalue weighted by Gasteiger charge is -2.32. The fourth-order valence-corrected chi connectivity index (χ4v) is 4.27. The average Bonchev–Trinajstić information content (AvgIpc) is 2.98. The number of amides is 2. The zero-order valence-electron chi connectivity index (χ0n) is 22.3. The van der Waals surface area contributed by atoms with E-state index < -0.39 is 6.04 Å². The molecule has 4 aromatic carbocycles. The molecule has 0 aliphatic heterocycles. The molecule has 0 aliphatic carbocycles. The van der Waals surface area contributed by atoms with Gasteiger partial charge in [-0.3, -0.25) is 9.59 Å². The van der Waals surface area contributed by atoms with Gasteiger partial charge in [0.25, 0.3) is 5.91 Å². The summed E-state index contributed by atoms with van der Waals surface area (Å²) in [7, 11) is 4.78. The summed E-state index contributed by atoms with van der Waals surface area (Å²) < 4.78 is 15.9. The zero-order chi connectivity index (χ0) is 27.6. The summed E-state index contributed by atoms with van der Waals surface area (Å²) in [6, 6.07) is 30.4. The fraction of sp³-hybridized carbons (Fsp3) is 0.188. The van der Waals surface area contributed by atoms with Crippen LogP contribution in [0.3, 0.4) is 0 Å². The van der Waals surface area contributed by atoms with E-state index in [-0.39, 0.29) is 24.8 Å². The van der Waals surface area contributed by atoms with E-state index in [1.54, 1.807) is 62.6 Å². The number of carbonyl (C=O) groups excluding carboxylic acids is 2. The van der Waals surface area contributed by atoms with Crippen molar-refractivity contribution in [3.63, 3.8) is 0 Å². The molecule has 4 aromatic rings. The highest BCUT2D eigenvalue weighted by molar-refractivity contribution is 5.98. The van der Waals surface area contributed by atoms with Crippen LogP contribution in [0.15, 0.2) is 103 Å². The molecule has 0 radical (unpaired) electrons. The maximum absolute atomic E-state index is 13.9. The molecule has 0 heterocycles. The van der Waals surface area contributed by atoms with Crippen LogP contribution >= 0.6 is 0 Å². The third-order valence-electron chi connectivity index (χ3n) is 6.38. The number of hydrogen-bond donors (Lipinski definition) is 1. The van der Waals surface area contributed by atoms with Crippen molar-refractivity contribution in [2.24, 2.45) is 0 Å². The number of hydrogen-bond acceptors (Lipinski definition) is 5. The van der Waals surface area contributed by atoms with Crippen LogP contribution in [-0.4, -0.2) is 38.0 Å². The molecule has 0 saturated carbocycles. The maximum Gasteiger partial charge on any atom is 0.251 e. The SMILES string of the molecule is COc1ccc(CN(C(=O)Cc2ccccc2)C(C(=O)Nc2ccc(OC)cc2)c2ccc(OC)cc2)cc1. The van der Waals surface area contributed by atoms with Gasteiger partial charge < -0.3 is 24.4 Å². The Morgan fingerprint density at radius 1 is 0.667 bits per heavy atom. The molecule has 7 nitrogen and oxygen atoms in total. The summed E-state index contributed by atoms with van der Waals surface area (Å²) in [5, 5.41) is 2.98. The van der Waals surface area contributed by atoms with Gasteiger partial charge in [-0.25, -0.2) is 0 Å². The summed E-state index contributed by atoms with van der Waals surface area (Å²) in [5.41, 5.74) is 3.00. The van der Waals surface area contributed by atoms with Gasteiger partial charge in [-0.1, -0.05) is 54.6 Å². The molecule has 39 heavy (non-hydrogen) atoms. The van der Waals surface area contributed by atoms with Crippen molar-refractivity contribution < 1.29 is 23.8 Å². The van der Waals surface area contributed by atoms with E-state index in [0.29, 0.717) is 28.5 Å². The first-order valence-corrected chi connectivity index (χ1v) is 12.6. The van der Waals surface area contributed by atoms with Crippen molar-refractivity contribution in [3.8, 4) is 17.2 Å². The number of nitrogens with one attached hydrogen (secondary N) is 1. The van der Waals surface area contributed by atoms with Crippen molar-refractivity contribution in [2.45, 2.75) is 19.0 Å². The standard InChI is InChI=1S/C32H32N2O5/c1-37-27-15-9-24(10-16-27)22-34(30(35)21-23-7-5-4-6-8-23)31(25-11-17-28(38-2)18-12-25)32(36)33-26-13-19-29(39-3)20-14-26/h4-20,31H,21-22H2,1-3H3,(H,33,36). The van der Waals surface area contributed by atoms with Crippen LogP contribution in [0.4, 0.5) is 5.69 Å². The van der Waals surface area contributed by atoms with Gasteiger partial charge >= 0.3 is 0 Å². The third kappa shape index (κ3) is 7.17. The van der Waals surface area contributed by atoms with Crippen LogP contribution in [0, 0.1) is 0 Å². The van der Waals surface area contributed by atoms with Crippen LogP contribution in [0.25, 0.3) is 0 Å². The maximum atomic E-state index is 13.9. The van der Waals surface area contributed by atoms with Crippen molar-refractivity contribution in [3.05, 3.63) is 120 Å². The van der Waals surface area contributed by atoms with Crippen molar-refractivity contribution in [2.75, 3.05) is 26.6 Å². The molecule has 0 saturated heterocycles. The highest BCUT2D eigenvalue weighted by Gasteiger charge is 2.32. The summed E-state index contributed by atoms with van der Waals surface area (Å²) in [6.07, 6.45) is 0.152. The number of rotatable bonds is 11. The van der Waals surface area contributed by atoms with Gasteiger partial charge in [0.05, 0.1) is 27.8 Å². The minimum Gasteiger partial charge on any atom is -0.497 e. The van der Waals surface area contributed by atoms with E-state index in [4.69, 9.17) is 14.2 Å². The molecular weight excluding hydrogens is 492 g/mol. The second-order valence-corrected chi connectivity index (χ2v) is 8.93. The number of ether oxygens (including phenoxy) is 3.